The van der Waals surface area contributed by atoms with Crippen molar-refractivity contribution in [1.82, 2.24) is 9.97 Å². The molecule has 0 aliphatic carbocycles. The Hall–Kier alpha value is -3.61. The molecule has 0 amide bonds. The summed E-state index contributed by atoms with van der Waals surface area (Å²) in [7, 11) is 5.36. The van der Waals surface area contributed by atoms with E-state index in [1.807, 2.05) is 49.3 Å². The smallest absolute Gasteiger partial charge is 0.337 e. The van der Waals surface area contributed by atoms with E-state index in [9.17, 15) is 4.79 Å². The highest BCUT2D eigenvalue weighted by atomic mass is 16.5. The Kier molecular flexibility index (Phi) is 5.51. The number of methoxy groups -OCH3 is 1. The number of hydrogen-bond acceptors (Lipinski definition) is 7. The van der Waals surface area contributed by atoms with E-state index in [2.05, 4.69) is 20.6 Å². The SMILES string of the molecule is COC(=O)c1ccc(Nc2cc(Nc3ccc(N(C)C)cc3)ncn2)cc1. The summed E-state index contributed by atoms with van der Waals surface area (Å²) in [5.74, 6) is 0.954. The third kappa shape index (κ3) is 4.72. The van der Waals surface area contributed by atoms with Crippen molar-refractivity contribution in [2.24, 2.45) is 0 Å². The van der Waals surface area contributed by atoms with Crippen LogP contribution in [0.1, 0.15) is 10.4 Å². The molecule has 1 heterocycles. The van der Waals surface area contributed by atoms with Crippen LogP contribution < -0.4 is 15.5 Å². The number of nitrogens with one attached hydrogen (secondary N) is 2. The van der Waals surface area contributed by atoms with Gasteiger partial charge in [-0.2, -0.15) is 0 Å². The first kappa shape index (κ1) is 18.2. The van der Waals surface area contributed by atoms with E-state index < -0.39 is 0 Å². The Balaban J connectivity index is 1.69. The van der Waals surface area contributed by atoms with Crippen LogP contribution in [0.5, 0.6) is 0 Å². The first-order valence-electron chi connectivity index (χ1n) is 8.37. The van der Waals surface area contributed by atoms with Crippen molar-refractivity contribution in [1.29, 1.82) is 0 Å². The van der Waals surface area contributed by atoms with E-state index in [4.69, 9.17) is 4.74 Å². The molecule has 27 heavy (non-hydrogen) atoms. The summed E-state index contributed by atoms with van der Waals surface area (Å²) in [6.45, 7) is 0. The lowest BCUT2D eigenvalue weighted by Gasteiger charge is -2.13. The lowest BCUT2D eigenvalue weighted by molar-refractivity contribution is 0.0601. The van der Waals surface area contributed by atoms with Gasteiger partial charge in [0.25, 0.3) is 0 Å². The van der Waals surface area contributed by atoms with Crippen LogP contribution in [0.15, 0.2) is 60.9 Å². The number of anilines is 5. The van der Waals surface area contributed by atoms with Gasteiger partial charge in [0.05, 0.1) is 12.7 Å². The highest BCUT2D eigenvalue weighted by molar-refractivity contribution is 5.89. The molecule has 0 atom stereocenters. The van der Waals surface area contributed by atoms with Gasteiger partial charge in [-0.15, -0.1) is 0 Å². The van der Waals surface area contributed by atoms with Crippen molar-refractivity contribution >= 4 is 34.7 Å². The fourth-order valence-corrected chi connectivity index (χ4v) is 2.44. The molecule has 2 N–H and O–H groups in total. The second-order valence-corrected chi connectivity index (χ2v) is 6.05. The van der Waals surface area contributed by atoms with Gasteiger partial charge in [-0.1, -0.05) is 0 Å². The van der Waals surface area contributed by atoms with Crippen molar-refractivity contribution in [3.63, 3.8) is 0 Å². The minimum Gasteiger partial charge on any atom is -0.465 e. The maximum Gasteiger partial charge on any atom is 0.337 e. The van der Waals surface area contributed by atoms with E-state index in [0.29, 0.717) is 17.2 Å². The summed E-state index contributed by atoms with van der Waals surface area (Å²) in [6, 6.07) is 16.8. The Morgan fingerprint density at radius 3 is 1.89 bits per heavy atom. The number of esters is 1. The second-order valence-electron chi connectivity index (χ2n) is 6.05. The summed E-state index contributed by atoms with van der Waals surface area (Å²) in [5.41, 5.74) is 3.37. The van der Waals surface area contributed by atoms with Gasteiger partial charge >= 0.3 is 5.97 Å². The Labute approximate surface area is 158 Å². The van der Waals surface area contributed by atoms with Crippen LogP contribution in [0.2, 0.25) is 0 Å². The summed E-state index contributed by atoms with van der Waals surface area (Å²) >= 11 is 0. The van der Waals surface area contributed by atoms with E-state index in [1.165, 1.54) is 13.4 Å². The van der Waals surface area contributed by atoms with Crippen LogP contribution in [-0.2, 0) is 4.74 Å². The first-order chi connectivity index (χ1) is 13.0. The number of nitrogens with zero attached hydrogens (tertiary/aromatic N) is 3. The molecule has 0 saturated carbocycles. The van der Waals surface area contributed by atoms with Gasteiger partial charge in [0.1, 0.15) is 18.0 Å². The summed E-state index contributed by atoms with van der Waals surface area (Å²) in [6.07, 6.45) is 1.49. The Bertz CT molecular complexity index is 908. The topological polar surface area (TPSA) is 79.4 Å². The Morgan fingerprint density at radius 1 is 0.889 bits per heavy atom. The van der Waals surface area contributed by atoms with E-state index >= 15 is 0 Å². The molecule has 7 nitrogen and oxygen atoms in total. The van der Waals surface area contributed by atoms with Crippen molar-refractivity contribution < 1.29 is 9.53 Å². The van der Waals surface area contributed by atoms with Crippen LogP contribution in [0, 0.1) is 0 Å². The van der Waals surface area contributed by atoms with Crippen molar-refractivity contribution in [3.05, 3.63) is 66.5 Å². The van der Waals surface area contributed by atoms with Gasteiger partial charge in [0.15, 0.2) is 0 Å². The van der Waals surface area contributed by atoms with Gasteiger partial charge in [0, 0.05) is 37.2 Å². The lowest BCUT2D eigenvalue weighted by Crippen LogP contribution is -2.08. The second kappa shape index (κ2) is 8.18. The van der Waals surface area contributed by atoms with Crippen LogP contribution in [0.4, 0.5) is 28.7 Å². The average Bonchev–Trinajstić information content (AvgIpc) is 2.68. The third-order valence-corrected chi connectivity index (χ3v) is 3.90. The Morgan fingerprint density at radius 2 is 1.41 bits per heavy atom. The molecule has 0 bridgehead atoms. The first-order valence-corrected chi connectivity index (χ1v) is 8.37. The lowest BCUT2D eigenvalue weighted by atomic mass is 10.2. The van der Waals surface area contributed by atoms with Crippen molar-refractivity contribution in [2.45, 2.75) is 0 Å². The molecule has 138 valence electrons. The van der Waals surface area contributed by atoms with Gasteiger partial charge in [-0.25, -0.2) is 14.8 Å². The molecule has 0 aliphatic rings. The molecule has 1 aromatic heterocycles. The number of rotatable bonds is 6. The molecular formula is C20H21N5O2. The number of carbonyl (C=O) groups is 1. The van der Waals surface area contributed by atoms with Crippen LogP contribution in [0.3, 0.4) is 0 Å². The molecule has 7 heteroatoms. The normalized spacial score (nSPS) is 10.2. The van der Waals surface area contributed by atoms with Crippen molar-refractivity contribution in [3.8, 4) is 0 Å². The highest BCUT2D eigenvalue weighted by Gasteiger charge is 2.05. The highest BCUT2D eigenvalue weighted by Crippen LogP contribution is 2.21. The van der Waals surface area contributed by atoms with E-state index in [1.54, 1.807) is 24.3 Å². The minimum atomic E-state index is -0.365. The fourth-order valence-electron chi connectivity index (χ4n) is 2.44. The van der Waals surface area contributed by atoms with Crippen LogP contribution in [0.25, 0.3) is 0 Å². The number of carbonyl (C=O) groups excluding carboxylic acids is 1. The third-order valence-electron chi connectivity index (χ3n) is 3.90. The standard InChI is InChI=1S/C20H21N5O2/c1-25(2)17-10-8-16(9-11-17)24-19-12-18(21-13-22-19)23-15-6-4-14(5-7-15)20(26)27-3/h4-13H,1-3H3,(H2,21,22,23,24). The maximum absolute atomic E-state index is 11.5. The zero-order chi connectivity index (χ0) is 19.2. The molecule has 3 aromatic rings. The zero-order valence-corrected chi connectivity index (χ0v) is 15.4. The number of aromatic nitrogens is 2. The summed E-state index contributed by atoms with van der Waals surface area (Å²) in [5, 5.41) is 6.45. The van der Waals surface area contributed by atoms with E-state index in [-0.39, 0.29) is 5.97 Å². The molecule has 0 saturated heterocycles. The zero-order valence-electron chi connectivity index (χ0n) is 15.4. The molecule has 0 spiro atoms. The fraction of sp³-hybridized carbons (Fsp3) is 0.150. The molecule has 2 aromatic carbocycles. The molecule has 0 unspecified atom stereocenters. The van der Waals surface area contributed by atoms with Gasteiger partial charge in [-0.3, -0.25) is 0 Å². The average molecular weight is 363 g/mol. The predicted octanol–water partition coefficient (Wildman–Crippen LogP) is 3.82. The monoisotopic (exact) mass is 363 g/mol. The quantitative estimate of drug-likeness (QED) is 0.645. The van der Waals surface area contributed by atoms with Crippen LogP contribution >= 0.6 is 0 Å². The number of hydrogen-bond donors (Lipinski definition) is 2. The molecule has 0 radical (unpaired) electrons. The maximum atomic E-state index is 11.5. The van der Waals surface area contributed by atoms with Gasteiger partial charge in [0.2, 0.25) is 0 Å². The number of benzene rings is 2. The van der Waals surface area contributed by atoms with Crippen LogP contribution in [-0.4, -0.2) is 37.1 Å². The largest absolute Gasteiger partial charge is 0.465 e. The predicted molar refractivity (Wildman–Crippen MR) is 107 cm³/mol. The van der Waals surface area contributed by atoms with E-state index in [0.717, 1.165) is 17.1 Å². The summed E-state index contributed by atoms with van der Waals surface area (Å²) in [4.78, 5) is 22.0. The molecular weight excluding hydrogens is 342 g/mol. The van der Waals surface area contributed by atoms with Crippen molar-refractivity contribution in [2.75, 3.05) is 36.7 Å². The molecule has 3 rings (SSSR count). The number of ether oxygens (including phenoxy) is 1. The minimum absolute atomic E-state index is 0.365. The summed E-state index contributed by atoms with van der Waals surface area (Å²) < 4.78 is 4.70. The van der Waals surface area contributed by atoms with Gasteiger partial charge < -0.3 is 20.3 Å². The molecule has 0 aliphatic heterocycles. The van der Waals surface area contributed by atoms with Gasteiger partial charge in [-0.05, 0) is 48.5 Å². The molecule has 0 fully saturated rings.